The molecular weight excluding hydrogens is 294 g/mol. The number of carbonyl (C=O) groups excluding carboxylic acids is 2. The van der Waals surface area contributed by atoms with E-state index >= 15 is 0 Å². The molecule has 1 atom stereocenters. The summed E-state index contributed by atoms with van der Waals surface area (Å²) in [4.78, 5) is 27.6. The lowest BCUT2D eigenvalue weighted by Gasteiger charge is -2.33. The molecule has 3 rings (SSSR count). The molecule has 2 fully saturated rings. The quantitative estimate of drug-likeness (QED) is 0.900. The lowest BCUT2D eigenvalue weighted by Crippen LogP contribution is -2.53. The Morgan fingerprint density at radius 2 is 2.09 bits per heavy atom. The Labute approximate surface area is 136 Å². The summed E-state index contributed by atoms with van der Waals surface area (Å²) in [5.41, 5.74) is 0.891. The number of rotatable bonds is 4. The fourth-order valence-corrected chi connectivity index (χ4v) is 3.08. The Morgan fingerprint density at radius 3 is 2.74 bits per heavy atom. The average Bonchev–Trinajstić information content (AvgIpc) is 2.99. The van der Waals surface area contributed by atoms with Crippen molar-refractivity contribution in [2.75, 3.05) is 37.7 Å². The van der Waals surface area contributed by atoms with Gasteiger partial charge in [-0.3, -0.25) is 9.59 Å². The molecule has 2 heterocycles. The van der Waals surface area contributed by atoms with E-state index in [9.17, 15) is 9.59 Å². The van der Waals surface area contributed by atoms with E-state index in [1.807, 2.05) is 36.1 Å². The second kappa shape index (κ2) is 7.00. The summed E-state index contributed by atoms with van der Waals surface area (Å²) in [7, 11) is 0. The molecule has 1 aromatic rings. The summed E-state index contributed by atoms with van der Waals surface area (Å²) in [5.74, 6) is 0.830. The van der Waals surface area contributed by atoms with E-state index < -0.39 is 0 Å². The Bertz CT molecular complexity index is 573. The van der Waals surface area contributed by atoms with Gasteiger partial charge in [-0.1, -0.05) is 0 Å². The molecule has 0 spiro atoms. The maximum absolute atomic E-state index is 12.2. The molecule has 0 radical (unpaired) electrons. The van der Waals surface area contributed by atoms with Crippen molar-refractivity contribution in [3.8, 4) is 5.75 Å². The van der Waals surface area contributed by atoms with Crippen LogP contribution in [0.4, 0.5) is 5.69 Å². The Balaban J connectivity index is 1.54. The van der Waals surface area contributed by atoms with Gasteiger partial charge in [0.2, 0.25) is 5.91 Å². The molecule has 2 saturated heterocycles. The Morgan fingerprint density at radius 1 is 1.30 bits per heavy atom. The van der Waals surface area contributed by atoms with Crippen molar-refractivity contribution in [3.63, 3.8) is 0 Å². The summed E-state index contributed by atoms with van der Waals surface area (Å²) >= 11 is 0. The van der Waals surface area contributed by atoms with Crippen LogP contribution >= 0.6 is 0 Å². The minimum absolute atomic E-state index is 0.0118. The standard InChI is InChI=1S/C17H23N3O3/c1-13-11-18-8-10-19(13)17(22)12-23-15-6-4-14(5-7-15)20-9-2-3-16(20)21/h4-7,13,18H,2-3,8-12H2,1H3/t13-/m1/s1. The van der Waals surface area contributed by atoms with Crippen molar-refractivity contribution in [1.82, 2.24) is 10.2 Å². The first-order valence-corrected chi connectivity index (χ1v) is 8.18. The molecule has 2 aliphatic heterocycles. The van der Waals surface area contributed by atoms with Crippen molar-refractivity contribution >= 4 is 17.5 Å². The lowest BCUT2D eigenvalue weighted by molar-refractivity contribution is -0.136. The van der Waals surface area contributed by atoms with Gasteiger partial charge in [0.05, 0.1) is 0 Å². The van der Waals surface area contributed by atoms with Gasteiger partial charge in [0.15, 0.2) is 6.61 Å². The molecule has 0 unspecified atom stereocenters. The van der Waals surface area contributed by atoms with Crippen LogP contribution in [0.1, 0.15) is 19.8 Å². The van der Waals surface area contributed by atoms with Crippen LogP contribution in [-0.4, -0.2) is 55.5 Å². The number of ether oxygens (including phenoxy) is 1. The third kappa shape index (κ3) is 3.64. The van der Waals surface area contributed by atoms with Crippen LogP contribution in [0.15, 0.2) is 24.3 Å². The van der Waals surface area contributed by atoms with Gasteiger partial charge in [0.1, 0.15) is 5.75 Å². The van der Waals surface area contributed by atoms with Crippen LogP contribution in [0, 0.1) is 0 Å². The number of hydrogen-bond acceptors (Lipinski definition) is 4. The minimum atomic E-state index is 0.0118. The van der Waals surface area contributed by atoms with Gasteiger partial charge in [-0.2, -0.15) is 0 Å². The van der Waals surface area contributed by atoms with Crippen molar-refractivity contribution < 1.29 is 14.3 Å². The second-order valence-corrected chi connectivity index (χ2v) is 6.07. The van der Waals surface area contributed by atoms with E-state index in [0.717, 1.165) is 38.3 Å². The molecule has 0 aromatic heterocycles. The summed E-state index contributed by atoms with van der Waals surface area (Å²) in [6.07, 6.45) is 1.53. The third-order valence-electron chi connectivity index (χ3n) is 4.41. The average molecular weight is 317 g/mol. The molecule has 2 aliphatic rings. The van der Waals surface area contributed by atoms with Gasteiger partial charge in [-0.05, 0) is 37.6 Å². The highest BCUT2D eigenvalue weighted by Gasteiger charge is 2.23. The number of amides is 2. The molecule has 6 nitrogen and oxygen atoms in total. The van der Waals surface area contributed by atoms with Crippen molar-refractivity contribution in [2.24, 2.45) is 0 Å². The molecule has 124 valence electrons. The summed E-state index contributed by atoms with van der Waals surface area (Å²) in [6.45, 7) is 5.23. The van der Waals surface area contributed by atoms with Gasteiger partial charge >= 0.3 is 0 Å². The first kappa shape index (κ1) is 15.8. The summed E-state index contributed by atoms with van der Waals surface area (Å²) in [5, 5.41) is 3.26. The van der Waals surface area contributed by atoms with Crippen LogP contribution in [0.2, 0.25) is 0 Å². The largest absolute Gasteiger partial charge is 0.484 e. The van der Waals surface area contributed by atoms with Gasteiger partial charge in [0.25, 0.3) is 5.91 Å². The molecule has 23 heavy (non-hydrogen) atoms. The van der Waals surface area contributed by atoms with E-state index in [1.54, 1.807) is 4.90 Å². The number of piperazine rings is 1. The zero-order valence-corrected chi connectivity index (χ0v) is 13.5. The van der Waals surface area contributed by atoms with E-state index in [1.165, 1.54) is 0 Å². The normalized spacial score (nSPS) is 21.6. The maximum Gasteiger partial charge on any atom is 0.260 e. The molecule has 2 amide bonds. The Hall–Kier alpha value is -2.08. The zero-order valence-electron chi connectivity index (χ0n) is 13.5. The first-order valence-electron chi connectivity index (χ1n) is 8.18. The highest BCUT2D eigenvalue weighted by molar-refractivity contribution is 5.95. The van der Waals surface area contributed by atoms with E-state index in [0.29, 0.717) is 12.2 Å². The van der Waals surface area contributed by atoms with Crippen LogP contribution in [0.5, 0.6) is 5.75 Å². The minimum Gasteiger partial charge on any atom is -0.484 e. The van der Waals surface area contributed by atoms with E-state index in [-0.39, 0.29) is 24.5 Å². The molecule has 0 saturated carbocycles. The predicted molar refractivity (Wildman–Crippen MR) is 87.6 cm³/mol. The van der Waals surface area contributed by atoms with E-state index in [4.69, 9.17) is 4.74 Å². The highest BCUT2D eigenvalue weighted by atomic mass is 16.5. The fourth-order valence-electron chi connectivity index (χ4n) is 3.08. The van der Waals surface area contributed by atoms with Crippen LogP contribution in [0.25, 0.3) is 0 Å². The molecule has 1 N–H and O–H groups in total. The van der Waals surface area contributed by atoms with Gasteiger partial charge in [-0.25, -0.2) is 0 Å². The summed E-state index contributed by atoms with van der Waals surface area (Å²) < 4.78 is 5.60. The number of nitrogens with one attached hydrogen (secondary N) is 1. The van der Waals surface area contributed by atoms with Crippen molar-refractivity contribution in [3.05, 3.63) is 24.3 Å². The lowest BCUT2D eigenvalue weighted by atomic mass is 10.2. The van der Waals surface area contributed by atoms with Gasteiger partial charge in [0, 0.05) is 44.3 Å². The Kier molecular flexibility index (Phi) is 4.81. The predicted octanol–water partition coefficient (Wildman–Crippen LogP) is 1.01. The number of anilines is 1. The fraction of sp³-hybridized carbons (Fsp3) is 0.529. The van der Waals surface area contributed by atoms with Crippen molar-refractivity contribution in [2.45, 2.75) is 25.8 Å². The SMILES string of the molecule is C[C@@H]1CNCCN1C(=O)COc1ccc(N2CCCC2=O)cc1. The van der Waals surface area contributed by atoms with Gasteiger partial charge < -0.3 is 19.9 Å². The number of benzene rings is 1. The zero-order chi connectivity index (χ0) is 16.2. The first-order chi connectivity index (χ1) is 11.1. The maximum atomic E-state index is 12.2. The van der Waals surface area contributed by atoms with Crippen LogP contribution in [-0.2, 0) is 9.59 Å². The molecule has 0 aliphatic carbocycles. The van der Waals surface area contributed by atoms with E-state index in [2.05, 4.69) is 5.32 Å². The van der Waals surface area contributed by atoms with Crippen LogP contribution < -0.4 is 15.0 Å². The smallest absolute Gasteiger partial charge is 0.260 e. The van der Waals surface area contributed by atoms with Gasteiger partial charge in [-0.15, -0.1) is 0 Å². The highest BCUT2D eigenvalue weighted by Crippen LogP contribution is 2.23. The van der Waals surface area contributed by atoms with Crippen LogP contribution in [0.3, 0.4) is 0 Å². The third-order valence-corrected chi connectivity index (χ3v) is 4.41. The monoisotopic (exact) mass is 317 g/mol. The van der Waals surface area contributed by atoms with Crippen molar-refractivity contribution in [1.29, 1.82) is 0 Å². The molecule has 0 bridgehead atoms. The molecule has 1 aromatic carbocycles. The number of nitrogens with zero attached hydrogens (tertiary/aromatic N) is 2. The second-order valence-electron chi connectivity index (χ2n) is 6.07. The molecule has 6 heteroatoms. The summed E-state index contributed by atoms with van der Waals surface area (Å²) in [6, 6.07) is 7.57. The number of hydrogen-bond donors (Lipinski definition) is 1. The number of carbonyl (C=O) groups is 2. The molecular formula is C17H23N3O3. The topological polar surface area (TPSA) is 61.9 Å².